The summed E-state index contributed by atoms with van der Waals surface area (Å²) in [4.78, 5) is 14.1. The molecule has 0 unspecified atom stereocenters. The molecule has 0 aromatic heterocycles. The summed E-state index contributed by atoms with van der Waals surface area (Å²) < 4.78 is 5.30. The molecule has 0 radical (unpaired) electrons. The normalized spacial score (nSPS) is 28.2. The predicted octanol–water partition coefficient (Wildman–Crippen LogP) is 2.28. The first-order chi connectivity index (χ1) is 8.13. The molecule has 0 aromatic rings. The first kappa shape index (κ1) is 13.2. The van der Waals surface area contributed by atoms with Crippen molar-refractivity contribution in [1.29, 1.82) is 0 Å². The van der Waals surface area contributed by atoms with Crippen LogP contribution in [0.2, 0.25) is 0 Å². The third-order valence-corrected chi connectivity index (χ3v) is 4.96. The highest BCUT2D eigenvalue weighted by molar-refractivity contribution is 6.30. The minimum absolute atomic E-state index is 0.110. The Morgan fingerprint density at radius 1 is 1.59 bits per heavy atom. The van der Waals surface area contributed by atoms with Gasteiger partial charge in [0, 0.05) is 26.1 Å². The van der Waals surface area contributed by atoms with E-state index in [1.165, 1.54) is 19.3 Å². The number of hydrogen-bond donors (Lipinski definition) is 0. The molecule has 1 amide bonds. The van der Waals surface area contributed by atoms with Gasteiger partial charge in [0.15, 0.2) is 0 Å². The number of alkyl halides is 1. The fourth-order valence-electron chi connectivity index (χ4n) is 3.20. The van der Waals surface area contributed by atoms with Gasteiger partial charge in [0.05, 0.1) is 6.61 Å². The summed E-state index contributed by atoms with van der Waals surface area (Å²) in [6.45, 7) is 4.44. The molecule has 2 aliphatic rings. The average Bonchev–Trinajstić information content (AvgIpc) is 2.67. The van der Waals surface area contributed by atoms with Crippen molar-refractivity contribution in [2.45, 2.75) is 38.0 Å². The standard InChI is InChI=1S/C13H22ClNO2/c1-3-11(14)12(16)15-7-10(8-17-2)13(9-15)5-4-6-13/h10-11H,3-9H2,1-2H3/t10-,11-/m0/s1. The summed E-state index contributed by atoms with van der Waals surface area (Å²) >= 11 is 6.05. The number of hydrogen-bond acceptors (Lipinski definition) is 2. The number of amides is 1. The van der Waals surface area contributed by atoms with Crippen LogP contribution in [-0.2, 0) is 9.53 Å². The molecule has 1 spiro atoms. The fourth-order valence-corrected chi connectivity index (χ4v) is 3.34. The molecule has 2 rings (SSSR count). The Hall–Kier alpha value is -0.280. The molecule has 3 nitrogen and oxygen atoms in total. The molecule has 1 saturated heterocycles. The van der Waals surface area contributed by atoms with Crippen LogP contribution in [0.1, 0.15) is 32.6 Å². The van der Waals surface area contributed by atoms with Gasteiger partial charge in [-0.25, -0.2) is 0 Å². The second-order valence-corrected chi connectivity index (χ2v) is 5.99. The second kappa shape index (κ2) is 5.15. The van der Waals surface area contributed by atoms with E-state index in [2.05, 4.69) is 0 Å². The SMILES string of the molecule is CC[C@H](Cl)C(=O)N1C[C@@H](COC)C2(CCC2)C1. The van der Waals surface area contributed by atoms with Crippen molar-refractivity contribution in [1.82, 2.24) is 4.90 Å². The number of ether oxygens (including phenoxy) is 1. The largest absolute Gasteiger partial charge is 0.384 e. The van der Waals surface area contributed by atoms with Crippen molar-refractivity contribution in [2.24, 2.45) is 11.3 Å². The molecule has 17 heavy (non-hydrogen) atoms. The number of nitrogens with zero attached hydrogens (tertiary/aromatic N) is 1. The molecule has 98 valence electrons. The number of rotatable bonds is 4. The first-order valence-corrected chi connectivity index (χ1v) is 6.98. The maximum Gasteiger partial charge on any atom is 0.240 e. The molecule has 0 bridgehead atoms. The van der Waals surface area contributed by atoms with E-state index in [1.807, 2.05) is 11.8 Å². The Bertz CT molecular complexity index is 291. The lowest BCUT2D eigenvalue weighted by molar-refractivity contribution is -0.130. The van der Waals surface area contributed by atoms with E-state index in [4.69, 9.17) is 16.3 Å². The zero-order chi connectivity index (χ0) is 12.5. The van der Waals surface area contributed by atoms with Crippen LogP contribution in [-0.4, -0.2) is 43.0 Å². The van der Waals surface area contributed by atoms with Crippen LogP contribution in [0.25, 0.3) is 0 Å². The maximum absolute atomic E-state index is 12.1. The maximum atomic E-state index is 12.1. The van der Waals surface area contributed by atoms with E-state index < -0.39 is 0 Å². The summed E-state index contributed by atoms with van der Waals surface area (Å²) in [7, 11) is 1.74. The van der Waals surface area contributed by atoms with E-state index in [9.17, 15) is 4.79 Å². The molecule has 1 heterocycles. The van der Waals surface area contributed by atoms with Gasteiger partial charge in [-0.3, -0.25) is 4.79 Å². The third kappa shape index (κ3) is 2.32. The zero-order valence-corrected chi connectivity index (χ0v) is 11.5. The molecule has 2 atom stereocenters. The third-order valence-electron chi connectivity index (χ3n) is 4.47. The Balaban J connectivity index is 2.01. The van der Waals surface area contributed by atoms with E-state index in [0.29, 0.717) is 17.8 Å². The second-order valence-electron chi connectivity index (χ2n) is 5.46. The molecule has 1 aliphatic heterocycles. The lowest BCUT2D eigenvalue weighted by atomic mass is 9.63. The van der Waals surface area contributed by atoms with Gasteiger partial charge in [-0.2, -0.15) is 0 Å². The van der Waals surface area contributed by atoms with Gasteiger partial charge >= 0.3 is 0 Å². The first-order valence-electron chi connectivity index (χ1n) is 6.55. The van der Waals surface area contributed by atoms with Crippen LogP contribution in [0.15, 0.2) is 0 Å². The van der Waals surface area contributed by atoms with Crippen LogP contribution in [0, 0.1) is 11.3 Å². The van der Waals surface area contributed by atoms with Crippen LogP contribution in [0.3, 0.4) is 0 Å². The fraction of sp³-hybridized carbons (Fsp3) is 0.923. The Labute approximate surface area is 108 Å². The van der Waals surface area contributed by atoms with Crippen LogP contribution < -0.4 is 0 Å². The average molecular weight is 260 g/mol. The van der Waals surface area contributed by atoms with Gasteiger partial charge in [-0.1, -0.05) is 13.3 Å². The van der Waals surface area contributed by atoms with Gasteiger partial charge < -0.3 is 9.64 Å². The monoisotopic (exact) mass is 259 g/mol. The Morgan fingerprint density at radius 3 is 2.76 bits per heavy atom. The van der Waals surface area contributed by atoms with E-state index >= 15 is 0 Å². The molecule has 4 heteroatoms. The Morgan fingerprint density at radius 2 is 2.29 bits per heavy atom. The van der Waals surface area contributed by atoms with Gasteiger partial charge in [-0.15, -0.1) is 11.6 Å². The summed E-state index contributed by atoms with van der Waals surface area (Å²) in [5, 5.41) is -0.353. The topological polar surface area (TPSA) is 29.5 Å². The minimum atomic E-state index is -0.353. The van der Waals surface area contributed by atoms with Crippen molar-refractivity contribution >= 4 is 17.5 Å². The number of likely N-dealkylation sites (tertiary alicyclic amines) is 1. The molecule has 2 fully saturated rings. The van der Waals surface area contributed by atoms with Gasteiger partial charge in [0.1, 0.15) is 5.38 Å². The molecule has 0 aromatic carbocycles. The van der Waals surface area contributed by atoms with Crippen molar-refractivity contribution in [3.63, 3.8) is 0 Å². The van der Waals surface area contributed by atoms with Crippen molar-refractivity contribution in [3.05, 3.63) is 0 Å². The summed E-state index contributed by atoms with van der Waals surface area (Å²) in [6.07, 6.45) is 4.48. The highest BCUT2D eigenvalue weighted by Crippen LogP contribution is 2.51. The van der Waals surface area contributed by atoms with Crippen molar-refractivity contribution in [3.8, 4) is 0 Å². The molecular formula is C13H22ClNO2. The molecule has 0 N–H and O–H groups in total. The summed E-state index contributed by atoms with van der Waals surface area (Å²) in [5.41, 5.74) is 0.343. The summed E-state index contributed by atoms with van der Waals surface area (Å²) in [5.74, 6) is 0.616. The zero-order valence-electron chi connectivity index (χ0n) is 10.7. The quantitative estimate of drug-likeness (QED) is 0.725. The van der Waals surface area contributed by atoms with Gasteiger partial charge in [0.25, 0.3) is 0 Å². The molecule has 1 aliphatic carbocycles. The lowest BCUT2D eigenvalue weighted by Crippen LogP contribution is -2.40. The van der Waals surface area contributed by atoms with Gasteiger partial charge in [0.2, 0.25) is 5.91 Å². The molecule has 1 saturated carbocycles. The summed E-state index contributed by atoms with van der Waals surface area (Å²) in [6, 6.07) is 0. The van der Waals surface area contributed by atoms with Crippen LogP contribution >= 0.6 is 11.6 Å². The predicted molar refractivity (Wildman–Crippen MR) is 68.2 cm³/mol. The van der Waals surface area contributed by atoms with E-state index in [1.54, 1.807) is 7.11 Å². The number of carbonyl (C=O) groups excluding carboxylic acids is 1. The number of methoxy groups -OCH3 is 1. The van der Waals surface area contributed by atoms with Crippen molar-refractivity contribution < 1.29 is 9.53 Å². The van der Waals surface area contributed by atoms with Gasteiger partial charge in [-0.05, 0) is 24.7 Å². The van der Waals surface area contributed by atoms with Crippen LogP contribution in [0.4, 0.5) is 0 Å². The van der Waals surface area contributed by atoms with E-state index in [-0.39, 0.29) is 11.3 Å². The lowest BCUT2D eigenvalue weighted by Gasteiger charge is -2.42. The number of halogens is 1. The minimum Gasteiger partial charge on any atom is -0.384 e. The number of carbonyl (C=O) groups is 1. The van der Waals surface area contributed by atoms with E-state index in [0.717, 1.165) is 19.7 Å². The Kier molecular flexibility index (Phi) is 3.99. The highest BCUT2D eigenvalue weighted by atomic mass is 35.5. The van der Waals surface area contributed by atoms with Crippen LogP contribution in [0.5, 0.6) is 0 Å². The highest BCUT2D eigenvalue weighted by Gasteiger charge is 2.51. The smallest absolute Gasteiger partial charge is 0.240 e. The molecular weight excluding hydrogens is 238 g/mol. The van der Waals surface area contributed by atoms with Crippen molar-refractivity contribution in [2.75, 3.05) is 26.8 Å².